The van der Waals surface area contributed by atoms with Gasteiger partial charge in [-0.1, -0.05) is 218 Å². The maximum absolute atomic E-state index is 5.32. The van der Waals surface area contributed by atoms with Crippen molar-refractivity contribution in [1.82, 2.24) is 9.97 Å². The van der Waals surface area contributed by atoms with E-state index >= 15 is 0 Å². The van der Waals surface area contributed by atoms with E-state index in [9.17, 15) is 0 Å². The Hall–Kier alpha value is -8.72. The highest BCUT2D eigenvalue weighted by Crippen LogP contribution is 2.38. The van der Waals surface area contributed by atoms with Crippen molar-refractivity contribution in [3.05, 3.63) is 243 Å². The molecule has 0 saturated heterocycles. The summed E-state index contributed by atoms with van der Waals surface area (Å²) in [7, 11) is 0. The highest BCUT2D eigenvalue weighted by atomic mass is 14.7. The Morgan fingerprint density at radius 3 is 0.985 bits per heavy atom. The molecule has 0 radical (unpaired) electrons. The second kappa shape index (κ2) is 15.5. The standard InChI is InChI=1S/C64H40N2/c1-3-13-53-41(9-1)11-7-17-57(53)51-33-25-45-23-31-49-35-37-61(65-63(49)59(45)39-51)47-27-19-43(20-28-47)55-15-5-6-16-56(55)44-21-29-48(30-22-44)62-38-36-50-32-24-46-26-34-52(40-60(46)64(50)66-62)58-18-8-12-42-10-2-4-14-54(42)58/h1-40H. The highest BCUT2D eigenvalue weighted by molar-refractivity contribution is 6.10. The third kappa shape index (κ3) is 6.50. The van der Waals surface area contributed by atoms with Gasteiger partial charge in [-0.3, -0.25) is 0 Å². The molecule has 13 rings (SSSR count). The van der Waals surface area contributed by atoms with Gasteiger partial charge in [0.1, 0.15) is 0 Å². The molecule has 0 bridgehead atoms. The van der Waals surface area contributed by atoms with Crippen LogP contribution in [0, 0.1) is 0 Å². The molecule has 0 spiro atoms. The normalized spacial score (nSPS) is 11.6. The molecule has 0 aliphatic heterocycles. The largest absolute Gasteiger partial charge is 0.247 e. The van der Waals surface area contributed by atoms with Gasteiger partial charge in [0.25, 0.3) is 0 Å². The molecule has 0 unspecified atom stereocenters. The van der Waals surface area contributed by atoms with Gasteiger partial charge in [0.05, 0.1) is 22.4 Å². The maximum Gasteiger partial charge on any atom is 0.0788 e. The van der Waals surface area contributed by atoms with Crippen molar-refractivity contribution in [3.63, 3.8) is 0 Å². The Bertz CT molecular complexity index is 3760. The maximum atomic E-state index is 5.32. The number of hydrogen-bond acceptors (Lipinski definition) is 2. The Kier molecular flexibility index (Phi) is 8.89. The summed E-state index contributed by atoms with van der Waals surface area (Å²) in [6.07, 6.45) is 0. The predicted octanol–water partition coefficient (Wildman–Crippen LogP) is 17.4. The molecule has 0 aliphatic carbocycles. The van der Waals surface area contributed by atoms with Crippen LogP contribution < -0.4 is 0 Å². The summed E-state index contributed by atoms with van der Waals surface area (Å²) in [6.45, 7) is 0. The van der Waals surface area contributed by atoms with Crippen molar-refractivity contribution >= 4 is 64.9 Å². The molecule has 2 heterocycles. The molecule has 0 aliphatic rings. The summed E-state index contributed by atoms with van der Waals surface area (Å²) in [5, 5.41) is 12.0. The average molecular weight is 837 g/mol. The van der Waals surface area contributed by atoms with Crippen LogP contribution in [0.25, 0.3) is 132 Å². The summed E-state index contributed by atoms with van der Waals surface area (Å²) >= 11 is 0. The predicted molar refractivity (Wildman–Crippen MR) is 280 cm³/mol. The number of nitrogens with zero attached hydrogens (tertiary/aromatic N) is 2. The summed E-state index contributed by atoms with van der Waals surface area (Å²) in [6, 6.07) is 87.7. The lowest BCUT2D eigenvalue weighted by molar-refractivity contribution is 1.41. The van der Waals surface area contributed by atoms with Crippen molar-refractivity contribution in [2.45, 2.75) is 0 Å². The average Bonchev–Trinajstić information content (AvgIpc) is 3.40. The zero-order valence-electron chi connectivity index (χ0n) is 36.0. The lowest BCUT2D eigenvalue weighted by Gasteiger charge is -2.13. The quantitative estimate of drug-likeness (QED) is 0.156. The topological polar surface area (TPSA) is 25.8 Å². The van der Waals surface area contributed by atoms with Crippen LogP contribution in [0.5, 0.6) is 0 Å². The third-order valence-corrected chi connectivity index (χ3v) is 13.5. The minimum absolute atomic E-state index is 0.960. The molecule has 11 aromatic carbocycles. The van der Waals surface area contributed by atoms with Crippen molar-refractivity contribution in [2.75, 3.05) is 0 Å². The van der Waals surface area contributed by atoms with E-state index < -0.39 is 0 Å². The van der Waals surface area contributed by atoms with Gasteiger partial charge in [-0.05, 0) is 101 Å². The highest BCUT2D eigenvalue weighted by Gasteiger charge is 2.14. The summed E-state index contributed by atoms with van der Waals surface area (Å²) in [5.41, 5.74) is 15.7. The molecule has 13 aromatic rings. The molecule has 0 fully saturated rings. The Balaban J connectivity index is 0.808. The number of pyridine rings is 2. The van der Waals surface area contributed by atoms with E-state index in [1.807, 2.05) is 0 Å². The van der Waals surface area contributed by atoms with Crippen molar-refractivity contribution < 1.29 is 0 Å². The van der Waals surface area contributed by atoms with Gasteiger partial charge >= 0.3 is 0 Å². The van der Waals surface area contributed by atoms with Crippen LogP contribution in [0.4, 0.5) is 0 Å². The van der Waals surface area contributed by atoms with E-state index in [1.54, 1.807) is 0 Å². The van der Waals surface area contributed by atoms with Crippen LogP contribution in [0.15, 0.2) is 243 Å². The fourth-order valence-corrected chi connectivity index (χ4v) is 10.1. The van der Waals surface area contributed by atoms with E-state index in [2.05, 4.69) is 243 Å². The number of aromatic nitrogens is 2. The molecular formula is C64H40N2. The third-order valence-electron chi connectivity index (χ3n) is 13.5. The summed E-state index contributed by atoms with van der Waals surface area (Å²) in [5.74, 6) is 0. The minimum atomic E-state index is 0.960. The van der Waals surface area contributed by atoms with Crippen LogP contribution in [0.1, 0.15) is 0 Å². The van der Waals surface area contributed by atoms with Gasteiger partial charge in [0, 0.05) is 32.7 Å². The first kappa shape index (κ1) is 37.8. The Morgan fingerprint density at radius 1 is 0.197 bits per heavy atom. The molecule has 2 nitrogen and oxygen atoms in total. The van der Waals surface area contributed by atoms with Crippen LogP contribution in [0.2, 0.25) is 0 Å². The van der Waals surface area contributed by atoms with E-state index in [-0.39, 0.29) is 0 Å². The van der Waals surface area contributed by atoms with E-state index in [1.165, 1.54) is 65.7 Å². The second-order valence-electron chi connectivity index (χ2n) is 17.3. The zero-order chi connectivity index (χ0) is 43.6. The fraction of sp³-hybridized carbons (Fsp3) is 0. The molecule has 66 heavy (non-hydrogen) atoms. The molecular weight excluding hydrogens is 797 g/mol. The van der Waals surface area contributed by atoms with Crippen LogP contribution in [0.3, 0.4) is 0 Å². The van der Waals surface area contributed by atoms with Gasteiger partial charge in [0.15, 0.2) is 0 Å². The zero-order valence-corrected chi connectivity index (χ0v) is 36.0. The van der Waals surface area contributed by atoms with Crippen molar-refractivity contribution in [1.29, 1.82) is 0 Å². The van der Waals surface area contributed by atoms with Gasteiger partial charge in [-0.25, -0.2) is 9.97 Å². The molecule has 306 valence electrons. The van der Waals surface area contributed by atoms with Gasteiger partial charge in [-0.15, -0.1) is 0 Å². The lowest BCUT2D eigenvalue weighted by Crippen LogP contribution is -1.90. The Morgan fingerprint density at radius 2 is 0.515 bits per heavy atom. The summed E-state index contributed by atoms with van der Waals surface area (Å²) < 4.78 is 0. The smallest absolute Gasteiger partial charge is 0.0788 e. The van der Waals surface area contributed by atoms with E-state index in [0.29, 0.717) is 0 Å². The summed E-state index contributed by atoms with van der Waals surface area (Å²) in [4.78, 5) is 10.6. The number of benzene rings is 11. The molecule has 2 heteroatoms. The van der Waals surface area contributed by atoms with Crippen LogP contribution in [-0.2, 0) is 0 Å². The molecule has 0 amide bonds. The van der Waals surface area contributed by atoms with Crippen LogP contribution in [-0.4, -0.2) is 9.97 Å². The first-order valence-corrected chi connectivity index (χ1v) is 22.6. The van der Waals surface area contributed by atoms with Crippen molar-refractivity contribution in [2.24, 2.45) is 0 Å². The molecule has 0 N–H and O–H groups in total. The Labute approximate surface area is 382 Å². The van der Waals surface area contributed by atoms with Gasteiger partial charge in [-0.2, -0.15) is 0 Å². The number of fused-ring (bicyclic) bond motifs is 8. The monoisotopic (exact) mass is 836 g/mol. The number of rotatable bonds is 6. The van der Waals surface area contributed by atoms with Crippen molar-refractivity contribution in [3.8, 4) is 67.0 Å². The van der Waals surface area contributed by atoms with Gasteiger partial charge < -0.3 is 0 Å². The number of hydrogen-bond donors (Lipinski definition) is 0. The van der Waals surface area contributed by atoms with E-state index in [4.69, 9.17) is 9.97 Å². The lowest BCUT2D eigenvalue weighted by atomic mass is 9.93. The molecule has 0 saturated carbocycles. The molecule has 2 aromatic heterocycles. The fourth-order valence-electron chi connectivity index (χ4n) is 10.1. The van der Waals surface area contributed by atoms with E-state index in [0.717, 1.165) is 66.2 Å². The SMILES string of the molecule is c1ccc(-c2ccc(-c3ccc4ccc5ccc(-c6cccc7ccccc67)cc5c4n3)cc2)c(-c2ccc(-c3ccc4ccc5ccc(-c6cccc7ccccc67)cc5c4n3)cc2)c1. The first-order valence-electron chi connectivity index (χ1n) is 22.6. The van der Waals surface area contributed by atoms with Crippen LogP contribution >= 0.6 is 0 Å². The minimum Gasteiger partial charge on any atom is -0.247 e. The van der Waals surface area contributed by atoms with Gasteiger partial charge in [0.2, 0.25) is 0 Å². The first-order chi connectivity index (χ1) is 32.7. The molecule has 0 atom stereocenters. The second-order valence-corrected chi connectivity index (χ2v) is 17.3.